The lowest BCUT2D eigenvalue weighted by Crippen LogP contribution is -2.47. The second kappa shape index (κ2) is 4.49. The molecule has 4 nitrogen and oxygen atoms in total. The number of hydrogen-bond donors (Lipinski definition) is 2. The fraction of sp³-hybridized carbons (Fsp3) is 0.364. The van der Waals surface area contributed by atoms with Crippen LogP contribution in [0, 0.1) is 5.82 Å². The topological polar surface area (TPSA) is 58.4 Å². The molecule has 0 aromatic heterocycles. The van der Waals surface area contributed by atoms with Gasteiger partial charge >= 0.3 is 0 Å². The molecule has 0 saturated carbocycles. The molecule has 0 unspecified atom stereocenters. The number of carbonyl (C=O) groups excluding carboxylic acids is 1. The number of nitrogen functional groups attached to an aromatic ring is 1. The Morgan fingerprint density at radius 1 is 1.50 bits per heavy atom. The number of benzene rings is 1. The number of nitrogens with two attached hydrogens (primary N) is 1. The molecule has 0 atom stereocenters. The van der Waals surface area contributed by atoms with Crippen LogP contribution in [-0.4, -0.2) is 30.4 Å². The maximum atomic E-state index is 12.8. The molecular weight excluding hydrogens is 209 g/mol. The minimum atomic E-state index is -0.336. The highest BCUT2D eigenvalue weighted by molar-refractivity contribution is 5.78. The van der Waals surface area contributed by atoms with E-state index in [1.54, 1.807) is 6.07 Å². The fourth-order valence-electron chi connectivity index (χ4n) is 1.78. The van der Waals surface area contributed by atoms with Crippen molar-refractivity contribution in [3.05, 3.63) is 29.6 Å². The molecular formula is C11H14FN3O. The fourth-order valence-corrected chi connectivity index (χ4v) is 1.78. The first-order chi connectivity index (χ1) is 7.65. The molecule has 1 saturated heterocycles. The number of halogens is 1. The Morgan fingerprint density at radius 2 is 2.31 bits per heavy atom. The Morgan fingerprint density at radius 3 is 3.00 bits per heavy atom. The number of anilines is 1. The van der Waals surface area contributed by atoms with Crippen LogP contribution in [0.4, 0.5) is 10.1 Å². The third-order valence-electron chi connectivity index (χ3n) is 2.62. The van der Waals surface area contributed by atoms with Gasteiger partial charge in [0.2, 0.25) is 5.91 Å². The Kier molecular flexibility index (Phi) is 3.05. The van der Waals surface area contributed by atoms with Crippen LogP contribution in [0.3, 0.4) is 0 Å². The van der Waals surface area contributed by atoms with E-state index in [4.69, 9.17) is 5.73 Å². The van der Waals surface area contributed by atoms with E-state index in [0.717, 1.165) is 12.1 Å². The molecule has 1 heterocycles. The van der Waals surface area contributed by atoms with Gasteiger partial charge in [0, 0.05) is 25.3 Å². The Balaban J connectivity index is 2.05. The largest absolute Gasteiger partial charge is 0.398 e. The molecule has 0 bridgehead atoms. The average Bonchev–Trinajstić information content (AvgIpc) is 2.22. The van der Waals surface area contributed by atoms with Crippen molar-refractivity contribution >= 4 is 11.6 Å². The molecule has 86 valence electrons. The van der Waals surface area contributed by atoms with E-state index < -0.39 is 0 Å². The second-order valence-electron chi connectivity index (χ2n) is 3.90. The summed E-state index contributed by atoms with van der Waals surface area (Å²) >= 11 is 0. The first-order valence-electron chi connectivity index (χ1n) is 5.18. The average molecular weight is 223 g/mol. The highest BCUT2D eigenvalue weighted by Crippen LogP contribution is 2.15. The Hall–Kier alpha value is -1.62. The summed E-state index contributed by atoms with van der Waals surface area (Å²) in [6.45, 7) is 2.40. The van der Waals surface area contributed by atoms with E-state index in [0.29, 0.717) is 25.3 Å². The van der Waals surface area contributed by atoms with Gasteiger partial charge in [0.05, 0.1) is 6.54 Å². The third kappa shape index (κ3) is 2.49. The van der Waals surface area contributed by atoms with Crippen LogP contribution in [0.5, 0.6) is 0 Å². The van der Waals surface area contributed by atoms with Crippen LogP contribution in [0.2, 0.25) is 0 Å². The third-order valence-corrected chi connectivity index (χ3v) is 2.62. The number of hydrogen-bond acceptors (Lipinski definition) is 3. The highest BCUT2D eigenvalue weighted by atomic mass is 19.1. The second-order valence-corrected chi connectivity index (χ2v) is 3.90. The number of nitrogens with zero attached hydrogens (tertiary/aromatic N) is 1. The van der Waals surface area contributed by atoms with Gasteiger partial charge in [-0.2, -0.15) is 0 Å². The molecule has 16 heavy (non-hydrogen) atoms. The summed E-state index contributed by atoms with van der Waals surface area (Å²) in [5.41, 5.74) is 7.00. The van der Waals surface area contributed by atoms with E-state index in [-0.39, 0.29) is 11.7 Å². The molecule has 1 aromatic rings. The Labute approximate surface area is 93.2 Å². The van der Waals surface area contributed by atoms with Gasteiger partial charge in [-0.3, -0.25) is 9.69 Å². The van der Waals surface area contributed by atoms with Crippen molar-refractivity contribution in [2.75, 3.05) is 25.4 Å². The van der Waals surface area contributed by atoms with E-state index in [1.807, 2.05) is 4.90 Å². The van der Waals surface area contributed by atoms with Crippen LogP contribution >= 0.6 is 0 Å². The molecule has 2 rings (SSSR count). The van der Waals surface area contributed by atoms with Crippen LogP contribution in [-0.2, 0) is 11.3 Å². The van der Waals surface area contributed by atoms with Gasteiger partial charge < -0.3 is 11.1 Å². The maximum Gasteiger partial charge on any atom is 0.234 e. The molecule has 0 aliphatic carbocycles. The summed E-state index contributed by atoms with van der Waals surface area (Å²) in [4.78, 5) is 13.1. The van der Waals surface area contributed by atoms with Crippen LogP contribution in [0.1, 0.15) is 5.56 Å². The quantitative estimate of drug-likeness (QED) is 0.711. The first-order valence-corrected chi connectivity index (χ1v) is 5.18. The standard InChI is InChI=1S/C11H14FN3O/c12-9-2-1-8(10(13)5-9)6-15-4-3-14-11(16)7-15/h1-2,5H,3-4,6-7,13H2,(H,14,16). The molecule has 5 heteroatoms. The smallest absolute Gasteiger partial charge is 0.234 e. The minimum Gasteiger partial charge on any atom is -0.398 e. The Bertz CT molecular complexity index is 408. The van der Waals surface area contributed by atoms with Gasteiger partial charge in [0.1, 0.15) is 5.82 Å². The lowest BCUT2D eigenvalue weighted by Gasteiger charge is -2.26. The van der Waals surface area contributed by atoms with Gasteiger partial charge in [0.25, 0.3) is 0 Å². The van der Waals surface area contributed by atoms with Crippen LogP contribution in [0.25, 0.3) is 0 Å². The summed E-state index contributed by atoms with van der Waals surface area (Å²) in [5, 5.41) is 2.75. The summed E-state index contributed by atoms with van der Waals surface area (Å²) in [6, 6.07) is 4.35. The summed E-state index contributed by atoms with van der Waals surface area (Å²) in [5.74, 6) is -0.315. The SMILES string of the molecule is Nc1cc(F)ccc1CN1CCNC(=O)C1. The zero-order valence-electron chi connectivity index (χ0n) is 8.87. The minimum absolute atomic E-state index is 0.0203. The molecule has 1 aliphatic rings. The van der Waals surface area contributed by atoms with Crippen LogP contribution < -0.4 is 11.1 Å². The molecule has 1 aromatic carbocycles. The van der Waals surface area contributed by atoms with Gasteiger partial charge in [-0.05, 0) is 17.7 Å². The van der Waals surface area contributed by atoms with Crippen molar-refractivity contribution in [2.45, 2.75) is 6.54 Å². The number of amides is 1. The van der Waals surface area contributed by atoms with E-state index in [1.165, 1.54) is 12.1 Å². The first kappa shape index (κ1) is 10.9. The van der Waals surface area contributed by atoms with E-state index in [9.17, 15) is 9.18 Å². The van der Waals surface area contributed by atoms with Crippen molar-refractivity contribution in [1.29, 1.82) is 0 Å². The molecule has 1 aliphatic heterocycles. The van der Waals surface area contributed by atoms with Crippen molar-refractivity contribution < 1.29 is 9.18 Å². The summed E-state index contributed by atoms with van der Waals surface area (Å²) < 4.78 is 12.8. The predicted octanol–water partition coefficient (Wildman–Crippen LogP) is 0.340. The monoisotopic (exact) mass is 223 g/mol. The van der Waals surface area contributed by atoms with Crippen molar-refractivity contribution in [3.63, 3.8) is 0 Å². The molecule has 1 amide bonds. The van der Waals surface area contributed by atoms with Crippen molar-refractivity contribution in [3.8, 4) is 0 Å². The lowest BCUT2D eigenvalue weighted by atomic mass is 10.1. The van der Waals surface area contributed by atoms with Crippen molar-refractivity contribution in [1.82, 2.24) is 10.2 Å². The molecule has 0 radical (unpaired) electrons. The summed E-state index contributed by atoms with van der Waals surface area (Å²) in [7, 11) is 0. The van der Waals surface area contributed by atoms with Gasteiger partial charge in [-0.1, -0.05) is 6.07 Å². The number of nitrogens with one attached hydrogen (secondary N) is 1. The molecule has 3 N–H and O–H groups in total. The maximum absolute atomic E-state index is 12.8. The van der Waals surface area contributed by atoms with Crippen molar-refractivity contribution in [2.24, 2.45) is 0 Å². The number of piperazine rings is 1. The molecule has 1 fully saturated rings. The van der Waals surface area contributed by atoms with Gasteiger partial charge in [-0.25, -0.2) is 4.39 Å². The molecule has 0 spiro atoms. The van der Waals surface area contributed by atoms with E-state index in [2.05, 4.69) is 5.32 Å². The number of carbonyl (C=O) groups is 1. The van der Waals surface area contributed by atoms with Crippen LogP contribution in [0.15, 0.2) is 18.2 Å². The van der Waals surface area contributed by atoms with E-state index >= 15 is 0 Å². The highest BCUT2D eigenvalue weighted by Gasteiger charge is 2.16. The zero-order chi connectivity index (χ0) is 11.5. The van der Waals surface area contributed by atoms with Gasteiger partial charge in [-0.15, -0.1) is 0 Å². The van der Waals surface area contributed by atoms with Gasteiger partial charge in [0.15, 0.2) is 0 Å². The zero-order valence-corrected chi connectivity index (χ0v) is 8.87. The lowest BCUT2D eigenvalue weighted by molar-refractivity contribution is -0.124. The number of rotatable bonds is 2. The summed E-state index contributed by atoms with van der Waals surface area (Å²) in [6.07, 6.45) is 0. The normalized spacial score (nSPS) is 17.2. The predicted molar refractivity (Wildman–Crippen MR) is 59.1 cm³/mol.